The second kappa shape index (κ2) is 5.25. The Labute approximate surface area is 117 Å². The number of hydrogen-bond donors (Lipinski definition) is 1. The molecule has 0 saturated heterocycles. The van der Waals surface area contributed by atoms with Crippen LogP contribution in [0.5, 0.6) is 5.75 Å². The quantitative estimate of drug-likeness (QED) is 0.905. The third-order valence-electron chi connectivity index (χ3n) is 4.08. The predicted octanol–water partition coefficient (Wildman–Crippen LogP) is 3.60. The number of aryl methyl sites for hydroxylation is 1. The van der Waals surface area contributed by atoms with Crippen LogP contribution in [0.3, 0.4) is 0 Å². The van der Waals surface area contributed by atoms with Crippen LogP contribution < -0.4 is 4.74 Å². The number of hydrogen-bond acceptors (Lipinski definition) is 2. The van der Waals surface area contributed by atoms with Gasteiger partial charge in [0.05, 0.1) is 13.2 Å². The maximum Gasteiger partial charge on any atom is 0.127 e. The van der Waals surface area contributed by atoms with Crippen LogP contribution in [0.2, 0.25) is 0 Å². The van der Waals surface area contributed by atoms with Gasteiger partial charge < -0.3 is 9.84 Å². The fourth-order valence-electron chi connectivity index (χ4n) is 2.99. The summed E-state index contributed by atoms with van der Waals surface area (Å²) in [6, 6.07) is 12.5. The molecule has 2 atom stereocenters. The van der Waals surface area contributed by atoms with Gasteiger partial charge in [-0.15, -0.1) is 0 Å². The Kier molecular flexibility index (Phi) is 3.45. The SMILES string of the molecule is COc1ccc(F)c([C@@H]2CCc3ccccc3[C@@H]2O)c1. The molecule has 20 heavy (non-hydrogen) atoms. The highest BCUT2D eigenvalue weighted by Gasteiger charge is 2.30. The van der Waals surface area contributed by atoms with Crippen LogP contribution in [0, 0.1) is 5.82 Å². The normalized spacial score (nSPS) is 21.4. The number of aliphatic hydroxyl groups excluding tert-OH is 1. The number of ether oxygens (including phenoxy) is 1. The van der Waals surface area contributed by atoms with E-state index in [1.165, 1.54) is 6.07 Å². The summed E-state index contributed by atoms with van der Waals surface area (Å²) in [6.45, 7) is 0. The lowest BCUT2D eigenvalue weighted by Crippen LogP contribution is -2.19. The molecule has 2 aromatic carbocycles. The van der Waals surface area contributed by atoms with Crippen molar-refractivity contribution < 1.29 is 14.2 Å². The molecular formula is C17H17FO2. The Bertz CT molecular complexity index is 624. The second-order valence-electron chi connectivity index (χ2n) is 5.18. The molecule has 0 amide bonds. The van der Waals surface area contributed by atoms with E-state index in [1.807, 2.05) is 24.3 Å². The van der Waals surface area contributed by atoms with Gasteiger partial charge in [0.15, 0.2) is 0 Å². The molecule has 1 aliphatic carbocycles. The molecule has 0 heterocycles. The summed E-state index contributed by atoms with van der Waals surface area (Å²) in [6.07, 6.45) is 0.929. The fraction of sp³-hybridized carbons (Fsp3) is 0.294. The molecule has 104 valence electrons. The molecule has 0 saturated carbocycles. The molecule has 0 unspecified atom stereocenters. The van der Waals surface area contributed by atoms with Gasteiger partial charge in [-0.1, -0.05) is 24.3 Å². The summed E-state index contributed by atoms with van der Waals surface area (Å²) in [5, 5.41) is 10.6. The zero-order chi connectivity index (χ0) is 14.1. The van der Waals surface area contributed by atoms with Crippen molar-refractivity contribution in [1.29, 1.82) is 0 Å². The van der Waals surface area contributed by atoms with Crippen LogP contribution in [0.1, 0.15) is 35.1 Å². The van der Waals surface area contributed by atoms with Crippen molar-refractivity contribution in [2.45, 2.75) is 24.9 Å². The van der Waals surface area contributed by atoms with Crippen molar-refractivity contribution in [1.82, 2.24) is 0 Å². The summed E-state index contributed by atoms with van der Waals surface area (Å²) in [4.78, 5) is 0. The first-order valence-corrected chi connectivity index (χ1v) is 6.80. The molecule has 2 nitrogen and oxygen atoms in total. The molecule has 0 aromatic heterocycles. The first-order chi connectivity index (χ1) is 9.70. The summed E-state index contributed by atoms with van der Waals surface area (Å²) in [5.41, 5.74) is 2.59. The standard InChI is InChI=1S/C17H17FO2/c1-20-12-7-9-16(18)15(10-12)14-8-6-11-4-2-3-5-13(11)17(14)19/h2-5,7,9-10,14,17,19H,6,8H2,1H3/t14-,17-/m0/s1. The van der Waals surface area contributed by atoms with E-state index >= 15 is 0 Å². The molecule has 0 radical (unpaired) electrons. The number of benzene rings is 2. The first kappa shape index (κ1) is 13.1. The number of halogens is 1. The van der Waals surface area contributed by atoms with E-state index < -0.39 is 6.10 Å². The second-order valence-corrected chi connectivity index (χ2v) is 5.18. The van der Waals surface area contributed by atoms with Crippen molar-refractivity contribution in [2.24, 2.45) is 0 Å². The summed E-state index contributed by atoms with van der Waals surface area (Å²) in [7, 11) is 1.56. The topological polar surface area (TPSA) is 29.5 Å². The van der Waals surface area contributed by atoms with Gasteiger partial charge >= 0.3 is 0 Å². The molecule has 3 heteroatoms. The zero-order valence-electron chi connectivity index (χ0n) is 11.3. The van der Waals surface area contributed by atoms with Crippen molar-refractivity contribution in [3.8, 4) is 5.75 Å². The van der Waals surface area contributed by atoms with Gasteiger partial charge in [-0.3, -0.25) is 0 Å². The Hall–Kier alpha value is -1.87. The molecule has 2 aromatic rings. The van der Waals surface area contributed by atoms with Crippen LogP contribution in [-0.2, 0) is 6.42 Å². The number of methoxy groups -OCH3 is 1. The predicted molar refractivity (Wildman–Crippen MR) is 75.4 cm³/mol. The third kappa shape index (κ3) is 2.18. The third-order valence-corrected chi connectivity index (χ3v) is 4.08. The lowest BCUT2D eigenvalue weighted by atomic mass is 9.78. The minimum Gasteiger partial charge on any atom is -0.497 e. The van der Waals surface area contributed by atoms with E-state index in [0.717, 1.165) is 24.0 Å². The largest absolute Gasteiger partial charge is 0.497 e. The van der Waals surface area contributed by atoms with Gasteiger partial charge in [0.2, 0.25) is 0 Å². The molecule has 3 rings (SSSR count). The lowest BCUT2D eigenvalue weighted by molar-refractivity contribution is 0.130. The molecular weight excluding hydrogens is 255 g/mol. The highest BCUT2D eigenvalue weighted by atomic mass is 19.1. The highest BCUT2D eigenvalue weighted by Crippen LogP contribution is 2.42. The maximum atomic E-state index is 14.1. The van der Waals surface area contributed by atoms with Crippen molar-refractivity contribution in [3.05, 3.63) is 65.0 Å². The first-order valence-electron chi connectivity index (χ1n) is 6.80. The number of aliphatic hydroxyl groups is 1. The van der Waals surface area contributed by atoms with Gasteiger partial charge in [0.1, 0.15) is 11.6 Å². The van der Waals surface area contributed by atoms with Gasteiger partial charge in [0.25, 0.3) is 0 Å². The van der Waals surface area contributed by atoms with Gasteiger partial charge in [-0.25, -0.2) is 4.39 Å². The Balaban J connectivity index is 2.00. The van der Waals surface area contributed by atoms with Crippen LogP contribution in [-0.4, -0.2) is 12.2 Å². The fourth-order valence-corrected chi connectivity index (χ4v) is 2.99. The Morgan fingerprint density at radius 2 is 1.95 bits per heavy atom. The van der Waals surface area contributed by atoms with Crippen LogP contribution in [0.15, 0.2) is 42.5 Å². The molecule has 1 N–H and O–H groups in total. The van der Waals surface area contributed by atoms with Crippen LogP contribution >= 0.6 is 0 Å². The summed E-state index contributed by atoms with van der Waals surface area (Å²) in [5.74, 6) is 0.113. The number of fused-ring (bicyclic) bond motifs is 1. The highest BCUT2D eigenvalue weighted by molar-refractivity contribution is 5.39. The maximum absolute atomic E-state index is 14.1. The molecule has 0 bridgehead atoms. The zero-order valence-corrected chi connectivity index (χ0v) is 11.3. The van der Waals surface area contributed by atoms with E-state index in [4.69, 9.17) is 4.74 Å². The van der Waals surface area contributed by atoms with Crippen LogP contribution in [0.4, 0.5) is 4.39 Å². The van der Waals surface area contributed by atoms with Crippen molar-refractivity contribution in [3.63, 3.8) is 0 Å². The Morgan fingerprint density at radius 1 is 1.15 bits per heavy atom. The minimum atomic E-state index is -0.665. The summed E-state index contributed by atoms with van der Waals surface area (Å²) >= 11 is 0. The molecule has 0 fully saturated rings. The van der Waals surface area contributed by atoms with Crippen molar-refractivity contribution >= 4 is 0 Å². The van der Waals surface area contributed by atoms with Gasteiger partial charge in [0, 0.05) is 5.92 Å². The van der Waals surface area contributed by atoms with E-state index in [0.29, 0.717) is 11.3 Å². The van der Waals surface area contributed by atoms with Gasteiger partial charge in [-0.2, -0.15) is 0 Å². The van der Waals surface area contributed by atoms with Crippen molar-refractivity contribution in [2.75, 3.05) is 7.11 Å². The minimum absolute atomic E-state index is 0.222. The average Bonchev–Trinajstić information content (AvgIpc) is 2.49. The van der Waals surface area contributed by atoms with Gasteiger partial charge in [-0.05, 0) is 47.7 Å². The summed E-state index contributed by atoms with van der Waals surface area (Å²) < 4.78 is 19.2. The van der Waals surface area contributed by atoms with E-state index in [9.17, 15) is 9.50 Å². The lowest BCUT2D eigenvalue weighted by Gasteiger charge is -2.30. The van der Waals surface area contributed by atoms with E-state index in [1.54, 1.807) is 19.2 Å². The van der Waals surface area contributed by atoms with Crippen LogP contribution in [0.25, 0.3) is 0 Å². The average molecular weight is 272 g/mol. The van der Waals surface area contributed by atoms with E-state index in [-0.39, 0.29) is 11.7 Å². The monoisotopic (exact) mass is 272 g/mol. The molecule has 0 spiro atoms. The van der Waals surface area contributed by atoms with E-state index in [2.05, 4.69) is 0 Å². The molecule has 1 aliphatic rings. The smallest absolute Gasteiger partial charge is 0.127 e. The number of rotatable bonds is 2. The Morgan fingerprint density at radius 3 is 2.75 bits per heavy atom. The molecule has 0 aliphatic heterocycles.